The van der Waals surface area contributed by atoms with E-state index in [1.165, 1.54) is 5.56 Å². The van der Waals surface area contributed by atoms with Gasteiger partial charge in [-0.05, 0) is 31.5 Å². The van der Waals surface area contributed by atoms with Crippen LogP contribution in [0.3, 0.4) is 0 Å². The van der Waals surface area contributed by atoms with Crippen molar-refractivity contribution in [1.29, 1.82) is 0 Å². The first-order chi connectivity index (χ1) is 9.19. The summed E-state index contributed by atoms with van der Waals surface area (Å²) in [5, 5.41) is 10.9. The number of carbonyl (C=O) groups is 1. The van der Waals surface area contributed by atoms with E-state index in [4.69, 9.17) is 0 Å². The minimum Gasteiger partial charge on any atom is -0.309 e. The number of nitrogens with one attached hydrogen (secondary N) is 1. The zero-order valence-corrected chi connectivity index (χ0v) is 11.2. The zero-order valence-electron chi connectivity index (χ0n) is 11.2. The van der Waals surface area contributed by atoms with Crippen LogP contribution < -0.4 is 5.32 Å². The van der Waals surface area contributed by atoms with Gasteiger partial charge in [0, 0.05) is 12.0 Å². The van der Waals surface area contributed by atoms with Crippen LogP contribution in [0, 0.1) is 6.92 Å². The predicted molar refractivity (Wildman–Crippen MR) is 75.7 cm³/mol. The Kier molecular flexibility index (Phi) is 4.23. The molecule has 1 N–H and O–H groups in total. The summed E-state index contributed by atoms with van der Waals surface area (Å²) in [6.45, 7) is 4.00. The number of aryl methyl sites for hydroxylation is 1. The second-order valence-corrected chi connectivity index (χ2v) is 4.47. The predicted octanol–water partition coefficient (Wildman–Crippen LogP) is 3.19. The number of rotatable bonds is 4. The molecule has 2 aromatic rings. The van der Waals surface area contributed by atoms with E-state index < -0.39 is 0 Å². The van der Waals surface area contributed by atoms with Gasteiger partial charge >= 0.3 is 0 Å². The summed E-state index contributed by atoms with van der Waals surface area (Å²) < 4.78 is 0. The molecule has 1 amide bonds. The van der Waals surface area contributed by atoms with Gasteiger partial charge in [0.15, 0.2) is 5.82 Å². The van der Waals surface area contributed by atoms with E-state index in [9.17, 15) is 4.79 Å². The third-order valence-electron chi connectivity index (χ3n) is 2.72. The molecule has 0 aliphatic heterocycles. The largest absolute Gasteiger partial charge is 0.309 e. The van der Waals surface area contributed by atoms with Crippen LogP contribution >= 0.6 is 0 Å². The fourth-order valence-electron chi connectivity index (χ4n) is 1.79. The molecule has 0 saturated carbocycles. The quantitative estimate of drug-likeness (QED) is 0.912. The Hall–Kier alpha value is -2.23. The average Bonchev–Trinajstić information content (AvgIpc) is 2.40. The highest BCUT2D eigenvalue weighted by atomic mass is 16.1. The maximum absolute atomic E-state index is 11.4. The molecule has 0 atom stereocenters. The van der Waals surface area contributed by atoms with E-state index in [0.717, 1.165) is 17.7 Å². The second-order valence-electron chi connectivity index (χ2n) is 4.47. The molecule has 1 heterocycles. The lowest BCUT2D eigenvalue weighted by atomic mass is 10.1. The van der Waals surface area contributed by atoms with Crippen LogP contribution in [-0.4, -0.2) is 16.1 Å². The van der Waals surface area contributed by atoms with Crippen molar-refractivity contribution in [2.24, 2.45) is 0 Å². The van der Waals surface area contributed by atoms with Gasteiger partial charge in [0.1, 0.15) is 0 Å². The van der Waals surface area contributed by atoms with Crippen molar-refractivity contribution in [3.8, 4) is 11.3 Å². The minimum absolute atomic E-state index is 0.0277. The molecule has 4 nitrogen and oxygen atoms in total. The molecule has 0 bridgehead atoms. The Morgan fingerprint density at radius 3 is 2.68 bits per heavy atom. The SMILES string of the molecule is CCCC(=O)Nc1ccc(-c2cccc(C)c2)nn1. The summed E-state index contributed by atoms with van der Waals surface area (Å²) in [5.41, 5.74) is 3.01. The topological polar surface area (TPSA) is 54.9 Å². The van der Waals surface area contributed by atoms with Gasteiger partial charge in [-0.15, -0.1) is 10.2 Å². The first-order valence-electron chi connectivity index (χ1n) is 6.39. The number of amides is 1. The molecule has 4 heteroatoms. The number of benzene rings is 1. The summed E-state index contributed by atoms with van der Waals surface area (Å²) in [4.78, 5) is 11.4. The highest BCUT2D eigenvalue weighted by Gasteiger charge is 2.04. The third-order valence-corrected chi connectivity index (χ3v) is 2.72. The van der Waals surface area contributed by atoms with E-state index >= 15 is 0 Å². The van der Waals surface area contributed by atoms with E-state index in [1.54, 1.807) is 6.07 Å². The molecule has 0 saturated heterocycles. The van der Waals surface area contributed by atoms with Gasteiger partial charge in [-0.3, -0.25) is 4.79 Å². The van der Waals surface area contributed by atoms with E-state index in [-0.39, 0.29) is 5.91 Å². The number of aromatic nitrogens is 2. The lowest BCUT2D eigenvalue weighted by Gasteiger charge is -2.04. The van der Waals surface area contributed by atoms with Crippen LogP contribution in [-0.2, 0) is 4.79 Å². The van der Waals surface area contributed by atoms with Gasteiger partial charge in [-0.1, -0.05) is 30.7 Å². The molecule has 0 fully saturated rings. The van der Waals surface area contributed by atoms with Gasteiger partial charge in [0.2, 0.25) is 5.91 Å². The molecule has 0 radical (unpaired) electrons. The summed E-state index contributed by atoms with van der Waals surface area (Å²) in [6.07, 6.45) is 1.32. The minimum atomic E-state index is -0.0277. The fourth-order valence-corrected chi connectivity index (χ4v) is 1.79. The molecule has 19 heavy (non-hydrogen) atoms. The van der Waals surface area contributed by atoms with Gasteiger partial charge in [-0.2, -0.15) is 0 Å². The van der Waals surface area contributed by atoms with Crippen molar-refractivity contribution in [2.45, 2.75) is 26.7 Å². The Morgan fingerprint density at radius 1 is 1.21 bits per heavy atom. The number of nitrogens with zero attached hydrogens (tertiary/aromatic N) is 2. The molecule has 0 unspecified atom stereocenters. The third kappa shape index (κ3) is 3.61. The lowest BCUT2D eigenvalue weighted by Crippen LogP contribution is -2.12. The first-order valence-corrected chi connectivity index (χ1v) is 6.39. The van der Waals surface area contributed by atoms with Crippen LogP contribution in [0.1, 0.15) is 25.3 Å². The highest BCUT2D eigenvalue weighted by molar-refractivity contribution is 5.89. The van der Waals surface area contributed by atoms with E-state index in [1.807, 2.05) is 38.1 Å². The molecule has 2 rings (SSSR count). The Bertz CT molecular complexity index is 564. The first kappa shape index (κ1) is 13.2. The molecule has 1 aromatic carbocycles. The molecular formula is C15H17N3O. The van der Waals surface area contributed by atoms with Gasteiger partial charge < -0.3 is 5.32 Å². The normalized spacial score (nSPS) is 10.2. The van der Waals surface area contributed by atoms with Gasteiger partial charge in [0.25, 0.3) is 0 Å². The monoisotopic (exact) mass is 255 g/mol. The van der Waals surface area contributed by atoms with E-state index in [0.29, 0.717) is 12.2 Å². The van der Waals surface area contributed by atoms with Gasteiger partial charge in [-0.25, -0.2) is 0 Å². The summed E-state index contributed by atoms with van der Waals surface area (Å²) in [7, 11) is 0. The Balaban J connectivity index is 2.12. The highest BCUT2D eigenvalue weighted by Crippen LogP contribution is 2.18. The maximum atomic E-state index is 11.4. The zero-order chi connectivity index (χ0) is 13.7. The lowest BCUT2D eigenvalue weighted by molar-refractivity contribution is -0.116. The fraction of sp³-hybridized carbons (Fsp3) is 0.267. The second kappa shape index (κ2) is 6.09. The van der Waals surface area contributed by atoms with E-state index in [2.05, 4.69) is 21.6 Å². The average molecular weight is 255 g/mol. The van der Waals surface area contributed by atoms with Gasteiger partial charge in [0.05, 0.1) is 5.69 Å². The van der Waals surface area contributed by atoms with Crippen LogP contribution in [0.5, 0.6) is 0 Å². The molecule has 0 aliphatic rings. The van der Waals surface area contributed by atoms with Crippen molar-refractivity contribution in [3.63, 3.8) is 0 Å². The van der Waals surface area contributed by atoms with Crippen LogP contribution in [0.2, 0.25) is 0 Å². The van der Waals surface area contributed by atoms with Crippen molar-refractivity contribution in [1.82, 2.24) is 10.2 Å². The molecular weight excluding hydrogens is 238 g/mol. The Morgan fingerprint density at radius 2 is 2.05 bits per heavy atom. The summed E-state index contributed by atoms with van der Waals surface area (Å²) in [6, 6.07) is 11.7. The van der Waals surface area contributed by atoms with Crippen molar-refractivity contribution in [2.75, 3.05) is 5.32 Å². The maximum Gasteiger partial charge on any atom is 0.225 e. The molecule has 98 valence electrons. The van der Waals surface area contributed by atoms with Crippen molar-refractivity contribution < 1.29 is 4.79 Å². The van der Waals surface area contributed by atoms with Crippen LogP contribution in [0.4, 0.5) is 5.82 Å². The molecule has 0 aliphatic carbocycles. The standard InChI is InChI=1S/C15H17N3O/c1-3-5-15(19)16-14-9-8-13(17-18-14)12-7-4-6-11(2)10-12/h4,6-10H,3,5H2,1-2H3,(H,16,18,19). The van der Waals surface area contributed by atoms with Crippen molar-refractivity contribution in [3.05, 3.63) is 42.0 Å². The van der Waals surface area contributed by atoms with Crippen LogP contribution in [0.25, 0.3) is 11.3 Å². The molecule has 1 aromatic heterocycles. The number of carbonyl (C=O) groups excluding carboxylic acids is 1. The number of anilines is 1. The molecule has 0 spiro atoms. The smallest absolute Gasteiger partial charge is 0.225 e. The van der Waals surface area contributed by atoms with Crippen molar-refractivity contribution >= 4 is 11.7 Å². The Labute approximate surface area is 112 Å². The van der Waals surface area contributed by atoms with Crippen LogP contribution in [0.15, 0.2) is 36.4 Å². The summed E-state index contributed by atoms with van der Waals surface area (Å²) in [5.74, 6) is 0.468. The number of hydrogen-bond donors (Lipinski definition) is 1. The summed E-state index contributed by atoms with van der Waals surface area (Å²) >= 11 is 0. The number of hydrogen-bond acceptors (Lipinski definition) is 3.